The molecule has 0 saturated heterocycles. The monoisotopic (exact) mass is 266 g/mol. The Balaban J connectivity index is 1.91. The summed E-state index contributed by atoms with van der Waals surface area (Å²) in [6.45, 7) is 6.82. The van der Waals surface area contributed by atoms with Crippen LogP contribution in [-0.4, -0.2) is 17.8 Å². The van der Waals surface area contributed by atoms with E-state index in [0.29, 0.717) is 5.41 Å². The number of aromatic nitrogens is 2. The molecule has 1 aromatic carbocycles. The summed E-state index contributed by atoms with van der Waals surface area (Å²) in [5, 5.41) is 0. The van der Waals surface area contributed by atoms with Crippen molar-refractivity contribution >= 4 is 13.3 Å². The standard InChI is InChI=1S/C17H23BN2/c1-4-17(2,3)11-15-12-19-16(20-15)10-7-13-5-8-14(18)9-6-13/h5-6,8-9,12H,4,7,10-11H2,1-3H3,(H,19,20). The number of aromatic amines is 1. The summed E-state index contributed by atoms with van der Waals surface area (Å²) in [5.74, 6) is 1.07. The summed E-state index contributed by atoms with van der Waals surface area (Å²) in [7, 11) is 5.69. The van der Waals surface area contributed by atoms with E-state index < -0.39 is 0 Å². The summed E-state index contributed by atoms with van der Waals surface area (Å²) in [5.41, 5.74) is 3.69. The molecule has 1 aromatic heterocycles. The van der Waals surface area contributed by atoms with Crippen LogP contribution in [0.25, 0.3) is 0 Å². The quantitative estimate of drug-likeness (QED) is 0.800. The van der Waals surface area contributed by atoms with E-state index in [2.05, 4.69) is 42.9 Å². The smallest absolute Gasteiger partial charge is 0.113 e. The van der Waals surface area contributed by atoms with Gasteiger partial charge in [-0.3, -0.25) is 0 Å². The first kappa shape index (κ1) is 14.9. The molecule has 2 rings (SSSR count). The van der Waals surface area contributed by atoms with Crippen LogP contribution in [0, 0.1) is 5.41 Å². The maximum absolute atomic E-state index is 5.69. The van der Waals surface area contributed by atoms with Gasteiger partial charge in [0.2, 0.25) is 0 Å². The summed E-state index contributed by atoms with van der Waals surface area (Å²) in [6.07, 6.45) is 6.14. The number of nitrogens with one attached hydrogen (secondary N) is 1. The molecule has 0 unspecified atom stereocenters. The molecule has 0 aliphatic heterocycles. The van der Waals surface area contributed by atoms with Gasteiger partial charge in [-0.25, -0.2) is 4.98 Å². The minimum absolute atomic E-state index is 0.334. The van der Waals surface area contributed by atoms with Crippen molar-refractivity contribution in [2.45, 2.75) is 46.5 Å². The van der Waals surface area contributed by atoms with Gasteiger partial charge in [-0.1, -0.05) is 56.9 Å². The highest BCUT2D eigenvalue weighted by Gasteiger charge is 2.17. The van der Waals surface area contributed by atoms with Crippen LogP contribution in [0.1, 0.15) is 44.3 Å². The zero-order valence-electron chi connectivity index (χ0n) is 12.7. The SMILES string of the molecule is [B]c1ccc(CCc2ncc(CC(C)(C)CC)[nH]2)cc1. The van der Waals surface area contributed by atoms with Crippen molar-refractivity contribution in [3.8, 4) is 0 Å². The number of aryl methyl sites for hydroxylation is 2. The van der Waals surface area contributed by atoms with Crippen LogP contribution in [0.15, 0.2) is 30.5 Å². The zero-order chi connectivity index (χ0) is 14.6. The molecule has 0 saturated carbocycles. The van der Waals surface area contributed by atoms with Crippen LogP contribution in [0.5, 0.6) is 0 Å². The largest absolute Gasteiger partial charge is 0.346 e. The first-order chi connectivity index (χ1) is 9.48. The van der Waals surface area contributed by atoms with Crippen LogP contribution in [0.4, 0.5) is 0 Å². The van der Waals surface area contributed by atoms with Gasteiger partial charge in [-0.05, 0) is 23.8 Å². The highest BCUT2D eigenvalue weighted by molar-refractivity contribution is 6.32. The predicted molar refractivity (Wildman–Crippen MR) is 85.6 cm³/mol. The van der Waals surface area contributed by atoms with Gasteiger partial charge in [-0.2, -0.15) is 0 Å². The fourth-order valence-electron chi connectivity index (χ4n) is 2.21. The molecule has 1 N–H and O–H groups in total. The van der Waals surface area contributed by atoms with Gasteiger partial charge in [0.1, 0.15) is 13.7 Å². The molecule has 0 aliphatic carbocycles. The number of benzene rings is 1. The molecule has 20 heavy (non-hydrogen) atoms. The fourth-order valence-corrected chi connectivity index (χ4v) is 2.21. The molecule has 0 spiro atoms. The Hall–Kier alpha value is -1.51. The second-order valence-corrected chi connectivity index (χ2v) is 6.29. The van der Waals surface area contributed by atoms with Gasteiger partial charge >= 0.3 is 0 Å². The first-order valence-electron chi connectivity index (χ1n) is 7.36. The predicted octanol–water partition coefficient (Wildman–Crippen LogP) is 2.97. The lowest BCUT2D eigenvalue weighted by Gasteiger charge is -2.21. The third-order valence-corrected chi connectivity index (χ3v) is 3.94. The number of imidazole rings is 1. The normalized spacial score (nSPS) is 11.8. The average Bonchev–Trinajstić information content (AvgIpc) is 2.85. The Labute approximate surface area is 123 Å². The minimum Gasteiger partial charge on any atom is -0.346 e. The Bertz CT molecular complexity index is 540. The molecule has 0 amide bonds. The van der Waals surface area contributed by atoms with Crippen LogP contribution < -0.4 is 5.46 Å². The van der Waals surface area contributed by atoms with Crippen molar-refractivity contribution in [2.75, 3.05) is 0 Å². The first-order valence-corrected chi connectivity index (χ1v) is 7.36. The van der Waals surface area contributed by atoms with Gasteiger partial charge in [0, 0.05) is 18.3 Å². The molecule has 2 nitrogen and oxygen atoms in total. The van der Waals surface area contributed by atoms with E-state index in [0.717, 1.165) is 30.5 Å². The number of hydrogen-bond acceptors (Lipinski definition) is 1. The summed E-state index contributed by atoms with van der Waals surface area (Å²) in [6, 6.07) is 8.07. The lowest BCUT2D eigenvalue weighted by Crippen LogP contribution is -2.13. The van der Waals surface area contributed by atoms with E-state index in [1.807, 2.05) is 18.3 Å². The Morgan fingerprint density at radius 3 is 2.50 bits per heavy atom. The third kappa shape index (κ3) is 4.26. The number of rotatable bonds is 6. The maximum Gasteiger partial charge on any atom is 0.113 e. The van der Waals surface area contributed by atoms with Crippen LogP contribution in [0.2, 0.25) is 0 Å². The van der Waals surface area contributed by atoms with Gasteiger partial charge < -0.3 is 4.98 Å². The van der Waals surface area contributed by atoms with Crippen molar-refractivity contribution in [2.24, 2.45) is 5.41 Å². The van der Waals surface area contributed by atoms with Crippen molar-refractivity contribution < 1.29 is 0 Å². The zero-order valence-corrected chi connectivity index (χ0v) is 12.7. The number of hydrogen-bond donors (Lipinski definition) is 1. The lowest BCUT2D eigenvalue weighted by atomic mass is 9.85. The highest BCUT2D eigenvalue weighted by Crippen LogP contribution is 2.24. The van der Waals surface area contributed by atoms with E-state index in [4.69, 9.17) is 7.85 Å². The van der Waals surface area contributed by atoms with Crippen molar-refractivity contribution in [1.29, 1.82) is 0 Å². The van der Waals surface area contributed by atoms with E-state index in [1.165, 1.54) is 17.7 Å². The van der Waals surface area contributed by atoms with Crippen LogP contribution in [0.3, 0.4) is 0 Å². The molecule has 104 valence electrons. The van der Waals surface area contributed by atoms with Crippen molar-refractivity contribution in [1.82, 2.24) is 9.97 Å². The van der Waals surface area contributed by atoms with Gasteiger partial charge in [0.05, 0.1) is 0 Å². The molecular formula is C17H23BN2. The molecule has 2 aromatic rings. The van der Waals surface area contributed by atoms with E-state index in [9.17, 15) is 0 Å². The highest BCUT2D eigenvalue weighted by atomic mass is 14.9. The van der Waals surface area contributed by atoms with E-state index in [-0.39, 0.29) is 0 Å². The van der Waals surface area contributed by atoms with Gasteiger partial charge in [0.15, 0.2) is 0 Å². The topological polar surface area (TPSA) is 28.7 Å². The molecular weight excluding hydrogens is 243 g/mol. The molecule has 0 bridgehead atoms. The second kappa shape index (κ2) is 6.30. The molecule has 0 atom stereocenters. The summed E-state index contributed by atoms with van der Waals surface area (Å²) >= 11 is 0. The summed E-state index contributed by atoms with van der Waals surface area (Å²) in [4.78, 5) is 7.94. The lowest BCUT2D eigenvalue weighted by molar-refractivity contribution is 0.346. The molecule has 3 heteroatoms. The molecule has 0 fully saturated rings. The van der Waals surface area contributed by atoms with Crippen molar-refractivity contribution in [3.63, 3.8) is 0 Å². The molecule has 2 radical (unpaired) electrons. The minimum atomic E-state index is 0.334. The van der Waals surface area contributed by atoms with Gasteiger partial charge in [0.25, 0.3) is 0 Å². The Morgan fingerprint density at radius 1 is 1.15 bits per heavy atom. The van der Waals surface area contributed by atoms with E-state index >= 15 is 0 Å². The number of nitrogens with zero attached hydrogens (tertiary/aromatic N) is 1. The average molecular weight is 266 g/mol. The molecule has 1 heterocycles. The van der Waals surface area contributed by atoms with Crippen molar-refractivity contribution in [3.05, 3.63) is 47.5 Å². The Morgan fingerprint density at radius 2 is 1.85 bits per heavy atom. The van der Waals surface area contributed by atoms with E-state index in [1.54, 1.807) is 0 Å². The summed E-state index contributed by atoms with van der Waals surface area (Å²) < 4.78 is 0. The maximum atomic E-state index is 5.69. The third-order valence-electron chi connectivity index (χ3n) is 3.94. The van der Waals surface area contributed by atoms with Gasteiger partial charge in [-0.15, -0.1) is 0 Å². The number of H-pyrrole nitrogens is 1. The Kier molecular flexibility index (Phi) is 4.69. The van der Waals surface area contributed by atoms with Crippen LogP contribution >= 0.6 is 0 Å². The van der Waals surface area contributed by atoms with Crippen LogP contribution in [-0.2, 0) is 19.3 Å². The molecule has 0 aliphatic rings. The fraction of sp³-hybridized carbons (Fsp3) is 0.471. The second-order valence-electron chi connectivity index (χ2n) is 6.29.